The van der Waals surface area contributed by atoms with Crippen LogP contribution < -0.4 is 5.32 Å². The number of benzene rings is 1. The normalized spacial score (nSPS) is 29.3. The van der Waals surface area contributed by atoms with Crippen LogP contribution in [0.1, 0.15) is 12.0 Å². The Bertz CT molecular complexity index is 404. The van der Waals surface area contributed by atoms with Gasteiger partial charge in [-0.3, -0.25) is 9.69 Å². The summed E-state index contributed by atoms with van der Waals surface area (Å²) in [7, 11) is 0. The molecule has 2 aliphatic heterocycles. The molecule has 3 heteroatoms. The lowest BCUT2D eigenvalue weighted by Gasteiger charge is -2.31. The molecule has 17 heavy (non-hydrogen) atoms. The van der Waals surface area contributed by atoms with E-state index < -0.39 is 0 Å². The van der Waals surface area contributed by atoms with Crippen molar-refractivity contribution < 1.29 is 4.79 Å². The largest absolute Gasteiger partial charge is 0.315 e. The molecule has 1 aromatic rings. The van der Waals surface area contributed by atoms with Crippen molar-refractivity contribution in [3.05, 3.63) is 35.9 Å². The zero-order chi connectivity index (χ0) is 11.7. The zero-order valence-electron chi connectivity index (χ0n) is 9.93. The number of nitrogens with zero attached hydrogens (tertiary/aromatic N) is 1. The average molecular weight is 230 g/mol. The molecule has 2 aliphatic rings. The van der Waals surface area contributed by atoms with Crippen LogP contribution >= 0.6 is 0 Å². The van der Waals surface area contributed by atoms with Crippen LogP contribution in [0.15, 0.2) is 30.3 Å². The Hall–Kier alpha value is -1.19. The minimum Gasteiger partial charge on any atom is -0.315 e. The maximum atomic E-state index is 11.9. The Morgan fingerprint density at radius 3 is 2.94 bits per heavy atom. The first-order valence-corrected chi connectivity index (χ1v) is 6.36. The summed E-state index contributed by atoms with van der Waals surface area (Å²) in [5, 5.41) is 3.40. The lowest BCUT2D eigenvalue weighted by Crippen LogP contribution is -2.45. The summed E-state index contributed by atoms with van der Waals surface area (Å²) in [5.74, 6) is 0.715. The van der Waals surface area contributed by atoms with Crippen molar-refractivity contribution in [3.8, 4) is 0 Å². The summed E-state index contributed by atoms with van der Waals surface area (Å²) in [5.41, 5.74) is 1.30. The van der Waals surface area contributed by atoms with Crippen molar-refractivity contribution in [1.29, 1.82) is 0 Å². The zero-order valence-corrected chi connectivity index (χ0v) is 9.93. The molecule has 90 valence electrons. The average Bonchev–Trinajstić information content (AvgIpc) is 2.69. The van der Waals surface area contributed by atoms with Gasteiger partial charge >= 0.3 is 0 Å². The van der Waals surface area contributed by atoms with E-state index in [4.69, 9.17) is 0 Å². The van der Waals surface area contributed by atoms with Gasteiger partial charge in [-0.05, 0) is 18.5 Å². The molecule has 3 rings (SSSR count). The van der Waals surface area contributed by atoms with E-state index in [-0.39, 0.29) is 5.92 Å². The standard InChI is InChI=1S/C14H18N2O/c17-14-10-16(9-11-4-2-1-3-5-11)13-8-15-7-6-12(13)14/h1-5,12-13,15H,6-10H2. The van der Waals surface area contributed by atoms with Crippen LogP contribution in [0, 0.1) is 5.92 Å². The number of nitrogens with one attached hydrogen (secondary N) is 1. The molecule has 0 radical (unpaired) electrons. The second kappa shape index (κ2) is 4.59. The summed E-state index contributed by atoms with van der Waals surface area (Å²) in [6, 6.07) is 10.8. The highest BCUT2D eigenvalue weighted by molar-refractivity contribution is 5.86. The first-order chi connectivity index (χ1) is 8.34. The number of fused-ring (bicyclic) bond motifs is 1. The van der Waals surface area contributed by atoms with E-state index in [1.54, 1.807) is 0 Å². The number of ketones is 1. The van der Waals surface area contributed by atoms with Gasteiger partial charge in [0.2, 0.25) is 0 Å². The van der Waals surface area contributed by atoms with Gasteiger partial charge in [-0.1, -0.05) is 30.3 Å². The number of carbonyl (C=O) groups is 1. The molecule has 0 amide bonds. The first kappa shape index (κ1) is 10.9. The van der Waals surface area contributed by atoms with Crippen molar-refractivity contribution in [2.75, 3.05) is 19.6 Å². The minimum absolute atomic E-state index is 0.278. The van der Waals surface area contributed by atoms with Crippen LogP contribution in [-0.2, 0) is 11.3 Å². The van der Waals surface area contributed by atoms with Gasteiger partial charge in [0.25, 0.3) is 0 Å². The van der Waals surface area contributed by atoms with E-state index in [0.717, 1.165) is 26.1 Å². The van der Waals surface area contributed by atoms with Crippen molar-refractivity contribution in [2.24, 2.45) is 5.92 Å². The molecule has 2 heterocycles. The molecule has 0 aliphatic carbocycles. The third kappa shape index (κ3) is 2.13. The summed E-state index contributed by atoms with van der Waals surface area (Å²) in [6.07, 6.45) is 1.01. The molecule has 1 N–H and O–H groups in total. The molecule has 0 aromatic heterocycles. The number of likely N-dealkylation sites (tertiary alicyclic amines) is 1. The number of piperidine rings is 1. The highest BCUT2D eigenvalue weighted by Gasteiger charge is 2.41. The van der Waals surface area contributed by atoms with Gasteiger partial charge in [0, 0.05) is 25.0 Å². The Labute approximate surface area is 102 Å². The lowest BCUT2D eigenvalue weighted by atomic mass is 9.92. The predicted molar refractivity (Wildman–Crippen MR) is 66.6 cm³/mol. The summed E-state index contributed by atoms with van der Waals surface area (Å²) in [4.78, 5) is 14.3. The van der Waals surface area contributed by atoms with Crippen LogP contribution in [-0.4, -0.2) is 36.4 Å². The third-order valence-corrected chi connectivity index (χ3v) is 3.92. The van der Waals surface area contributed by atoms with E-state index in [2.05, 4.69) is 34.5 Å². The van der Waals surface area contributed by atoms with E-state index in [1.165, 1.54) is 5.56 Å². The number of rotatable bonds is 2. The fourth-order valence-electron chi connectivity index (χ4n) is 3.03. The van der Waals surface area contributed by atoms with Gasteiger partial charge in [0.05, 0.1) is 6.54 Å². The number of hydrogen-bond acceptors (Lipinski definition) is 3. The number of Topliss-reactive ketones (excluding diaryl/α,β-unsaturated/α-hetero) is 1. The molecule has 2 saturated heterocycles. The molecule has 2 atom stereocenters. The number of hydrogen-bond donors (Lipinski definition) is 1. The lowest BCUT2D eigenvalue weighted by molar-refractivity contribution is -0.120. The van der Waals surface area contributed by atoms with Crippen LogP contribution in [0.2, 0.25) is 0 Å². The molecule has 1 aromatic carbocycles. The minimum atomic E-state index is 0.278. The van der Waals surface area contributed by atoms with Crippen LogP contribution in [0.3, 0.4) is 0 Å². The quantitative estimate of drug-likeness (QED) is 0.824. The molecule has 0 bridgehead atoms. The molecular formula is C14H18N2O. The topological polar surface area (TPSA) is 32.3 Å². The van der Waals surface area contributed by atoms with Crippen molar-refractivity contribution in [3.63, 3.8) is 0 Å². The smallest absolute Gasteiger partial charge is 0.151 e. The van der Waals surface area contributed by atoms with E-state index >= 15 is 0 Å². The summed E-state index contributed by atoms with van der Waals surface area (Å²) < 4.78 is 0. The molecule has 2 fully saturated rings. The van der Waals surface area contributed by atoms with Gasteiger partial charge in [-0.2, -0.15) is 0 Å². The monoisotopic (exact) mass is 230 g/mol. The van der Waals surface area contributed by atoms with Crippen molar-refractivity contribution >= 4 is 5.78 Å². The second-order valence-electron chi connectivity index (χ2n) is 5.02. The maximum absolute atomic E-state index is 11.9. The van der Waals surface area contributed by atoms with Gasteiger partial charge in [-0.25, -0.2) is 0 Å². The van der Waals surface area contributed by atoms with E-state index in [9.17, 15) is 4.79 Å². The van der Waals surface area contributed by atoms with Gasteiger partial charge in [-0.15, -0.1) is 0 Å². The highest BCUT2D eigenvalue weighted by atomic mass is 16.1. The summed E-state index contributed by atoms with van der Waals surface area (Å²) in [6.45, 7) is 3.48. The first-order valence-electron chi connectivity index (χ1n) is 6.36. The molecule has 3 nitrogen and oxygen atoms in total. The molecule has 0 spiro atoms. The van der Waals surface area contributed by atoms with Crippen LogP contribution in [0.5, 0.6) is 0 Å². The van der Waals surface area contributed by atoms with E-state index in [1.807, 2.05) is 6.07 Å². The number of carbonyl (C=O) groups excluding carboxylic acids is 1. The highest BCUT2D eigenvalue weighted by Crippen LogP contribution is 2.27. The Morgan fingerprint density at radius 1 is 1.29 bits per heavy atom. The summed E-state index contributed by atoms with van der Waals surface area (Å²) >= 11 is 0. The Morgan fingerprint density at radius 2 is 2.12 bits per heavy atom. The maximum Gasteiger partial charge on any atom is 0.151 e. The Balaban J connectivity index is 1.74. The molecule has 0 saturated carbocycles. The van der Waals surface area contributed by atoms with Crippen molar-refractivity contribution in [2.45, 2.75) is 19.0 Å². The fourth-order valence-corrected chi connectivity index (χ4v) is 3.03. The Kier molecular flexibility index (Phi) is 2.95. The molecule has 2 unspecified atom stereocenters. The second-order valence-corrected chi connectivity index (χ2v) is 5.02. The fraction of sp³-hybridized carbons (Fsp3) is 0.500. The van der Waals surface area contributed by atoms with Gasteiger partial charge in [0.1, 0.15) is 0 Å². The SMILES string of the molecule is O=C1CN(Cc2ccccc2)C2CNCCC12. The third-order valence-electron chi connectivity index (χ3n) is 3.92. The van der Waals surface area contributed by atoms with Crippen molar-refractivity contribution in [1.82, 2.24) is 10.2 Å². The van der Waals surface area contributed by atoms with Gasteiger partial charge < -0.3 is 5.32 Å². The van der Waals surface area contributed by atoms with Crippen LogP contribution in [0.4, 0.5) is 0 Å². The van der Waals surface area contributed by atoms with E-state index in [0.29, 0.717) is 18.4 Å². The molecular weight excluding hydrogens is 212 g/mol. The van der Waals surface area contributed by atoms with Crippen LogP contribution in [0.25, 0.3) is 0 Å². The van der Waals surface area contributed by atoms with Gasteiger partial charge in [0.15, 0.2) is 5.78 Å². The predicted octanol–water partition coefficient (Wildman–Crippen LogP) is 1.05.